The monoisotopic (exact) mass is 372 g/mol. The minimum atomic E-state index is 0.133. The first kappa shape index (κ1) is 15.9. The van der Waals surface area contributed by atoms with Crippen LogP contribution in [0.15, 0.2) is 51.5 Å². The molecule has 0 fully saturated rings. The fourth-order valence-corrected chi connectivity index (χ4v) is 5.32. The van der Waals surface area contributed by atoms with Crippen LogP contribution >= 0.6 is 34.4 Å². The number of thiophene rings is 1. The molecule has 122 valence electrons. The van der Waals surface area contributed by atoms with Crippen molar-refractivity contribution in [1.29, 1.82) is 0 Å². The summed E-state index contributed by atoms with van der Waals surface area (Å²) < 4.78 is 0. The molecule has 1 aliphatic heterocycles. The molecule has 3 heterocycles. The van der Waals surface area contributed by atoms with Crippen LogP contribution in [0.25, 0.3) is 0 Å². The van der Waals surface area contributed by atoms with Gasteiger partial charge in [-0.3, -0.25) is 4.79 Å². The molecule has 1 aliphatic rings. The number of thiazole rings is 1. The molecule has 0 aliphatic carbocycles. The highest BCUT2D eigenvalue weighted by Gasteiger charge is 2.24. The third kappa shape index (κ3) is 3.27. The van der Waals surface area contributed by atoms with Crippen LogP contribution in [0.4, 0.5) is 0 Å². The van der Waals surface area contributed by atoms with E-state index in [4.69, 9.17) is 0 Å². The van der Waals surface area contributed by atoms with Crippen molar-refractivity contribution in [3.05, 3.63) is 68.3 Å². The molecule has 1 amide bonds. The zero-order valence-electron chi connectivity index (χ0n) is 13.0. The van der Waals surface area contributed by atoms with Crippen molar-refractivity contribution in [2.75, 3.05) is 6.54 Å². The lowest BCUT2D eigenvalue weighted by Gasteiger charge is -2.27. The number of thioether (sulfide) groups is 1. The number of rotatable bonds is 4. The average Bonchev–Trinajstić information content (AvgIpc) is 3.30. The molecule has 0 saturated heterocycles. The van der Waals surface area contributed by atoms with Crippen molar-refractivity contribution >= 4 is 40.3 Å². The van der Waals surface area contributed by atoms with Crippen molar-refractivity contribution in [2.45, 2.75) is 23.6 Å². The molecule has 0 N–H and O–H groups in total. The predicted octanol–water partition coefficient (Wildman–Crippen LogP) is 4.70. The van der Waals surface area contributed by atoms with E-state index in [1.165, 1.54) is 10.4 Å². The van der Waals surface area contributed by atoms with Crippen LogP contribution in [0.5, 0.6) is 0 Å². The highest BCUT2D eigenvalue weighted by molar-refractivity contribution is 7.98. The van der Waals surface area contributed by atoms with E-state index in [1.54, 1.807) is 34.4 Å². The van der Waals surface area contributed by atoms with Crippen LogP contribution < -0.4 is 0 Å². The molecular formula is C18H16N2OS3. The van der Waals surface area contributed by atoms with Gasteiger partial charge in [-0.25, -0.2) is 4.98 Å². The number of aromatic nitrogens is 1. The van der Waals surface area contributed by atoms with Crippen molar-refractivity contribution in [1.82, 2.24) is 9.88 Å². The number of benzene rings is 1. The lowest BCUT2D eigenvalue weighted by atomic mass is 10.1. The van der Waals surface area contributed by atoms with E-state index in [1.807, 2.05) is 34.7 Å². The van der Waals surface area contributed by atoms with Crippen LogP contribution in [0.1, 0.15) is 26.5 Å². The Bertz CT molecular complexity index is 842. The maximum absolute atomic E-state index is 13.0. The Kier molecular flexibility index (Phi) is 4.69. The molecular weight excluding hydrogens is 356 g/mol. The normalized spacial score (nSPS) is 13.8. The fraction of sp³-hybridized carbons (Fsp3) is 0.222. The van der Waals surface area contributed by atoms with E-state index >= 15 is 0 Å². The zero-order chi connectivity index (χ0) is 16.4. The Morgan fingerprint density at radius 3 is 3.08 bits per heavy atom. The minimum Gasteiger partial charge on any atom is -0.334 e. The summed E-state index contributed by atoms with van der Waals surface area (Å²) in [6.07, 6.45) is 0.965. The number of fused-ring (bicyclic) bond motifs is 1. The van der Waals surface area contributed by atoms with Gasteiger partial charge in [0.05, 0.1) is 16.8 Å². The van der Waals surface area contributed by atoms with Crippen LogP contribution in [0.3, 0.4) is 0 Å². The Morgan fingerprint density at radius 1 is 1.29 bits per heavy atom. The van der Waals surface area contributed by atoms with Crippen LogP contribution in [-0.2, 0) is 18.7 Å². The summed E-state index contributed by atoms with van der Waals surface area (Å²) in [5.74, 6) is 0.927. The molecule has 0 bridgehead atoms. The summed E-state index contributed by atoms with van der Waals surface area (Å²) >= 11 is 5.08. The fourth-order valence-electron chi connectivity index (χ4n) is 2.82. The first-order chi connectivity index (χ1) is 11.8. The van der Waals surface area contributed by atoms with E-state index in [0.29, 0.717) is 0 Å². The summed E-state index contributed by atoms with van der Waals surface area (Å²) in [6, 6.07) is 10.1. The van der Waals surface area contributed by atoms with Gasteiger partial charge >= 0.3 is 0 Å². The third-order valence-corrected chi connectivity index (χ3v) is 6.84. The topological polar surface area (TPSA) is 33.2 Å². The van der Waals surface area contributed by atoms with Crippen molar-refractivity contribution in [3.63, 3.8) is 0 Å². The number of nitrogens with zero attached hydrogens (tertiary/aromatic N) is 2. The van der Waals surface area contributed by atoms with Gasteiger partial charge in [0.1, 0.15) is 0 Å². The Hall–Kier alpha value is -1.63. The molecule has 1 aromatic carbocycles. The molecule has 4 rings (SSSR count). The lowest BCUT2D eigenvalue weighted by Crippen LogP contribution is -2.35. The average molecular weight is 373 g/mol. The molecule has 0 radical (unpaired) electrons. The maximum atomic E-state index is 13.0. The van der Waals surface area contributed by atoms with Gasteiger partial charge in [0.25, 0.3) is 5.91 Å². The summed E-state index contributed by atoms with van der Waals surface area (Å²) in [5.41, 5.74) is 5.01. The highest BCUT2D eigenvalue weighted by Crippen LogP contribution is 2.29. The van der Waals surface area contributed by atoms with E-state index < -0.39 is 0 Å². The van der Waals surface area contributed by atoms with Gasteiger partial charge in [-0.15, -0.1) is 34.4 Å². The number of amides is 1. The summed E-state index contributed by atoms with van der Waals surface area (Å²) in [4.78, 5) is 21.8. The van der Waals surface area contributed by atoms with E-state index in [-0.39, 0.29) is 5.91 Å². The first-order valence-electron chi connectivity index (χ1n) is 7.74. The predicted molar refractivity (Wildman–Crippen MR) is 101 cm³/mol. The second kappa shape index (κ2) is 7.09. The Labute approximate surface area is 153 Å². The molecule has 2 aromatic heterocycles. The minimum absolute atomic E-state index is 0.133. The van der Waals surface area contributed by atoms with E-state index in [2.05, 4.69) is 21.8 Å². The third-order valence-electron chi connectivity index (χ3n) is 4.07. The molecule has 0 atom stereocenters. The highest BCUT2D eigenvalue weighted by atomic mass is 32.2. The Balaban J connectivity index is 1.52. The van der Waals surface area contributed by atoms with Crippen LogP contribution in [0, 0.1) is 0 Å². The molecule has 24 heavy (non-hydrogen) atoms. The zero-order valence-corrected chi connectivity index (χ0v) is 15.4. The van der Waals surface area contributed by atoms with Gasteiger partial charge in [-0.1, -0.05) is 12.1 Å². The van der Waals surface area contributed by atoms with Gasteiger partial charge in [-0.05, 0) is 35.6 Å². The first-order valence-corrected chi connectivity index (χ1v) is 10.6. The lowest BCUT2D eigenvalue weighted by molar-refractivity contribution is 0.0732. The molecule has 0 spiro atoms. The van der Waals surface area contributed by atoms with E-state index in [0.717, 1.165) is 41.4 Å². The van der Waals surface area contributed by atoms with Gasteiger partial charge in [0, 0.05) is 34.0 Å². The van der Waals surface area contributed by atoms with Crippen LogP contribution in [0.2, 0.25) is 0 Å². The smallest absolute Gasteiger partial charge is 0.255 e. The second-order valence-electron chi connectivity index (χ2n) is 5.61. The van der Waals surface area contributed by atoms with Gasteiger partial charge in [0.2, 0.25) is 0 Å². The second-order valence-corrected chi connectivity index (χ2v) is 8.35. The summed E-state index contributed by atoms with van der Waals surface area (Å²) in [6.45, 7) is 1.53. The molecule has 0 saturated carbocycles. The van der Waals surface area contributed by atoms with Crippen LogP contribution in [-0.4, -0.2) is 22.3 Å². The van der Waals surface area contributed by atoms with Gasteiger partial charge in [-0.2, -0.15) is 0 Å². The largest absolute Gasteiger partial charge is 0.334 e. The standard InChI is InChI=1S/C18H16N2OS3/c21-18(20-7-5-16-13(9-20)6-8-23-16)15-3-1-2-4-17(15)24-11-14-10-22-12-19-14/h1-4,6,8,10,12H,5,7,9,11H2. The molecule has 3 aromatic rings. The van der Waals surface area contributed by atoms with Gasteiger partial charge < -0.3 is 4.90 Å². The van der Waals surface area contributed by atoms with E-state index in [9.17, 15) is 4.79 Å². The van der Waals surface area contributed by atoms with Crippen molar-refractivity contribution in [2.24, 2.45) is 0 Å². The number of hydrogen-bond acceptors (Lipinski definition) is 5. The number of carbonyl (C=O) groups is 1. The summed E-state index contributed by atoms with van der Waals surface area (Å²) in [5, 5.41) is 4.18. The maximum Gasteiger partial charge on any atom is 0.255 e. The van der Waals surface area contributed by atoms with Gasteiger partial charge in [0.15, 0.2) is 0 Å². The number of carbonyl (C=O) groups excluding carboxylic acids is 1. The molecule has 6 heteroatoms. The van der Waals surface area contributed by atoms with Crippen molar-refractivity contribution < 1.29 is 4.79 Å². The number of hydrogen-bond donors (Lipinski definition) is 0. The summed E-state index contributed by atoms with van der Waals surface area (Å²) in [7, 11) is 0. The molecule has 3 nitrogen and oxygen atoms in total. The quantitative estimate of drug-likeness (QED) is 0.623. The Morgan fingerprint density at radius 2 is 2.21 bits per heavy atom. The van der Waals surface area contributed by atoms with Crippen molar-refractivity contribution in [3.8, 4) is 0 Å². The SMILES string of the molecule is O=C(c1ccccc1SCc1cscn1)N1CCc2sccc2C1. The molecule has 0 unspecified atom stereocenters.